The number of carbonyl (C=O) groups excluding carboxylic acids is 2. The van der Waals surface area contributed by atoms with E-state index in [1.54, 1.807) is 36.4 Å². The third kappa shape index (κ3) is 8.41. The molecule has 37 heavy (non-hydrogen) atoms. The molecular weight excluding hydrogens is 511 g/mol. The summed E-state index contributed by atoms with van der Waals surface area (Å²) in [5, 5.41) is 3.92. The number of carbonyl (C=O) groups is 2. The number of benzene rings is 3. The fourth-order valence-corrected chi connectivity index (χ4v) is 4.27. The quantitative estimate of drug-likeness (QED) is 0.344. The molecule has 0 fully saturated rings. The predicted molar refractivity (Wildman–Crippen MR) is 147 cm³/mol. The van der Waals surface area contributed by atoms with Crippen LogP contribution in [-0.2, 0) is 22.6 Å². The zero-order valence-electron chi connectivity index (χ0n) is 21.5. The molecule has 0 aliphatic carbocycles. The van der Waals surface area contributed by atoms with Gasteiger partial charge < -0.3 is 19.7 Å². The third-order valence-corrected chi connectivity index (χ3v) is 6.13. The van der Waals surface area contributed by atoms with Crippen LogP contribution in [-0.4, -0.2) is 42.0 Å². The molecule has 0 aromatic heterocycles. The molecular formula is C29H32Cl2N2O4. The lowest BCUT2D eigenvalue weighted by atomic mass is 10.0. The minimum Gasteiger partial charge on any atom is -0.493 e. The first-order chi connectivity index (χ1) is 17.6. The highest BCUT2D eigenvalue weighted by atomic mass is 35.5. The molecule has 0 radical (unpaired) electrons. The number of ether oxygens (including phenoxy) is 2. The summed E-state index contributed by atoms with van der Waals surface area (Å²) in [5.74, 6) is 0.296. The second kappa shape index (κ2) is 12.8. The van der Waals surface area contributed by atoms with E-state index in [1.807, 2.05) is 57.2 Å². The number of methoxy groups -OCH3 is 1. The van der Waals surface area contributed by atoms with Crippen molar-refractivity contribution in [3.63, 3.8) is 0 Å². The van der Waals surface area contributed by atoms with Gasteiger partial charge in [-0.05, 0) is 56.2 Å². The van der Waals surface area contributed by atoms with Crippen LogP contribution in [0.5, 0.6) is 11.5 Å². The van der Waals surface area contributed by atoms with E-state index in [9.17, 15) is 9.59 Å². The van der Waals surface area contributed by atoms with Crippen molar-refractivity contribution in [1.29, 1.82) is 0 Å². The number of amides is 2. The van der Waals surface area contributed by atoms with E-state index in [4.69, 9.17) is 32.7 Å². The number of nitrogens with zero attached hydrogens (tertiary/aromatic N) is 1. The van der Waals surface area contributed by atoms with Crippen LogP contribution in [0.15, 0.2) is 72.8 Å². The number of halogens is 2. The Kier molecular flexibility index (Phi) is 9.84. The SMILES string of the molecule is COc1ccccc1OCC(=O)N(Cc1ccc(Cl)cc1Cl)C(Cc1ccccc1)C(=O)NC(C)(C)C. The third-order valence-electron chi connectivity index (χ3n) is 5.55. The topological polar surface area (TPSA) is 67.9 Å². The number of para-hydroxylation sites is 2. The first-order valence-electron chi connectivity index (χ1n) is 11.9. The summed E-state index contributed by atoms with van der Waals surface area (Å²) in [7, 11) is 1.53. The molecule has 3 aromatic rings. The van der Waals surface area contributed by atoms with Crippen molar-refractivity contribution in [2.45, 2.75) is 45.3 Å². The molecule has 0 saturated heterocycles. The van der Waals surface area contributed by atoms with E-state index in [1.165, 1.54) is 12.0 Å². The lowest BCUT2D eigenvalue weighted by Crippen LogP contribution is -2.55. The van der Waals surface area contributed by atoms with Gasteiger partial charge in [0.05, 0.1) is 7.11 Å². The summed E-state index contributed by atoms with van der Waals surface area (Å²) >= 11 is 12.6. The van der Waals surface area contributed by atoms with Crippen molar-refractivity contribution in [3.8, 4) is 11.5 Å². The first-order valence-corrected chi connectivity index (χ1v) is 12.7. The maximum absolute atomic E-state index is 13.7. The number of nitrogens with one attached hydrogen (secondary N) is 1. The van der Waals surface area contributed by atoms with Crippen LogP contribution in [0.25, 0.3) is 0 Å². The molecule has 3 aromatic carbocycles. The Hall–Kier alpha value is -3.22. The molecule has 6 nitrogen and oxygen atoms in total. The number of rotatable bonds is 10. The van der Waals surface area contributed by atoms with Gasteiger partial charge in [0.1, 0.15) is 6.04 Å². The molecule has 1 atom stereocenters. The van der Waals surface area contributed by atoms with Gasteiger partial charge in [0.25, 0.3) is 5.91 Å². The van der Waals surface area contributed by atoms with E-state index >= 15 is 0 Å². The highest BCUT2D eigenvalue weighted by Gasteiger charge is 2.33. The van der Waals surface area contributed by atoms with Crippen LogP contribution in [0.1, 0.15) is 31.9 Å². The van der Waals surface area contributed by atoms with Crippen molar-refractivity contribution in [2.75, 3.05) is 13.7 Å². The lowest BCUT2D eigenvalue weighted by Gasteiger charge is -2.34. The van der Waals surface area contributed by atoms with E-state index < -0.39 is 11.6 Å². The van der Waals surface area contributed by atoms with Gasteiger partial charge in [0.2, 0.25) is 5.91 Å². The predicted octanol–water partition coefficient (Wildman–Crippen LogP) is 5.94. The molecule has 3 rings (SSSR count). The molecule has 0 aliphatic rings. The van der Waals surface area contributed by atoms with Crippen LogP contribution < -0.4 is 14.8 Å². The van der Waals surface area contributed by atoms with Gasteiger partial charge in [0, 0.05) is 28.5 Å². The largest absolute Gasteiger partial charge is 0.493 e. The van der Waals surface area contributed by atoms with E-state index in [0.29, 0.717) is 33.5 Å². The van der Waals surface area contributed by atoms with Crippen molar-refractivity contribution in [1.82, 2.24) is 10.2 Å². The maximum atomic E-state index is 13.7. The molecule has 8 heteroatoms. The normalized spacial score (nSPS) is 11.9. The zero-order valence-corrected chi connectivity index (χ0v) is 23.0. The minimum atomic E-state index is -0.817. The van der Waals surface area contributed by atoms with Crippen molar-refractivity contribution in [2.24, 2.45) is 0 Å². The highest BCUT2D eigenvalue weighted by Crippen LogP contribution is 2.27. The summed E-state index contributed by atoms with van der Waals surface area (Å²) in [6.45, 7) is 5.51. The van der Waals surface area contributed by atoms with Gasteiger partial charge >= 0.3 is 0 Å². The van der Waals surface area contributed by atoms with Crippen molar-refractivity contribution in [3.05, 3.63) is 94.0 Å². The summed E-state index contributed by atoms with van der Waals surface area (Å²) in [6.07, 6.45) is 0.314. The molecule has 0 heterocycles. The smallest absolute Gasteiger partial charge is 0.261 e. The van der Waals surface area contributed by atoms with Gasteiger partial charge in [0.15, 0.2) is 18.1 Å². The average molecular weight is 543 g/mol. The standard InChI is InChI=1S/C29H32Cl2N2O4/c1-29(2,3)32-28(35)24(16-20-10-6-5-7-11-20)33(18-21-14-15-22(30)17-23(21)31)27(34)19-37-26-13-9-8-12-25(26)36-4/h5-15,17,24H,16,18-19H2,1-4H3,(H,32,35). The molecule has 0 aliphatic heterocycles. The van der Waals surface area contributed by atoms with Crippen LogP contribution in [0, 0.1) is 0 Å². The van der Waals surface area contributed by atoms with Gasteiger partial charge in [-0.3, -0.25) is 9.59 Å². The molecule has 0 saturated carbocycles. The maximum Gasteiger partial charge on any atom is 0.261 e. The molecule has 2 amide bonds. The van der Waals surface area contributed by atoms with Gasteiger partial charge in [-0.15, -0.1) is 0 Å². The summed E-state index contributed by atoms with van der Waals surface area (Å²) < 4.78 is 11.2. The second-order valence-electron chi connectivity index (χ2n) is 9.64. The second-order valence-corrected chi connectivity index (χ2v) is 10.5. The Balaban J connectivity index is 1.97. The van der Waals surface area contributed by atoms with Crippen molar-refractivity contribution < 1.29 is 19.1 Å². The van der Waals surface area contributed by atoms with E-state index in [2.05, 4.69) is 5.32 Å². The average Bonchev–Trinajstić information content (AvgIpc) is 2.85. The Morgan fingerprint density at radius 3 is 2.22 bits per heavy atom. The monoisotopic (exact) mass is 542 g/mol. The molecule has 196 valence electrons. The highest BCUT2D eigenvalue weighted by molar-refractivity contribution is 6.35. The Morgan fingerprint density at radius 2 is 1.59 bits per heavy atom. The first kappa shape index (κ1) is 28.4. The van der Waals surface area contributed by atoms with Gasteiger partial charge in [-0.25, -0.2) is 0 Å². The van der Waals surface area contributed by atoms with E-state index in [-0.39, 0.29) is 25.0 Å². The molecule has 0 spiro atoms. The van der Waals surface area contributed by atoms with Crippen LogP contribution in [0.3, 0.4) is 0 Å². The zero-order chi connectivity index (χ0) is 27.0. The summed E-state index contributed by atoms with van der Waals surface area (Å²) in [4.78, 5) is 28.8. The Labute approximate surface area is 228 Å². The lowest BCUT2D eigenvalue weighted by molar-refractivity contribution is -0.143. The summed E-state index contributed by atoms with van der Waals surface area (Å²) in [6, 6.07) is 20.9. The van der Waals surface area contributed by atoms with E-state index in [0.717, 1.165) is 5.56 Å². The van der Waals surface area contributed by atoms with Gasteiger partial charge in [-0.1, -0.05) is 71.7 Å². The molecule has 1 unspecified atom stereocenters. The van der Waals surface area contributed by atoms with Crippen LogP contribution in [0.2, 0.25) is 10.0 Å². The Morgan fingerprint density at radius 1 is 0.946 bits per heavy atom. The van der Waals surface area contributed by atoms with Gasteiger partial charge in [-0.2, -0.15) is 0 Å². The fourth-order valence-electron chi connectivity index (χ4n) is 3.80. The summed E-state index contributed by atoms with van der Waals surface area (Å²) in [5.41, 5.74) is 1.09. The molecule has 1 N–H and O–H groups in total. The van der Waals surface area contributed by atoms with Crippen molar-refractivity contribution >= 4 is 35.0 Å². The fraction of sp³-hybridized carbons (Fsp3) is 0.310. The minimum absolute atomic E-state index is 0.0964. The Bertz CT molecular complexity index is 1210. The van der Waals surface area contributed by atoms with Crippen LogP contribution >= 0.6 is 23.2 Å². The van der Waals surface area contributed by atoms with Crippen LogP contribution in [0.4, 0.5) is 0 Å². The number of hydrogen-bond donors (Lipinski definition) is 1. The number of hydrogen-bond acceptors (Lipinski definition) is 4. The molecule has 0 bridgehead atoms.